The van der Waals surface area contributed by atoms with Crippen LogP contribution in [0.15, 0.2) is 24.3 Å². The lowest BCUT2D eigenvalue weighted by Crippen LogP contribution is -2.04. The number of nitrogens with one attached hydrogen (secondary N) is 1. The lowest BCUT2D eigenvalue weighted by atomic mass is 10.1. The number of aliphatic hydroxyl groups is 1. The second-order valence-corrected chi connectivity index (χ2v) is 4.11. The van der Waals surface area contributed by atoms with Crippen molar-refractivity contribution in [1.82, 2.24) is 4.98 Å². The van der Waals surface area contributed by atoms with E-state index in [1.807, 2.05) is 24.3 Å². The highest BCUT2D eigenvalue weighted by molar-refractivity contribution is 5.95. The summed E-state index contributed by atoms with van der Waals surface area (Å²) in [5.74, 6) is -0.332. The number of carbonyl (C=O) groups is 1. The molecule has 1 heterocycles. The maximum absolute atomic E-state index is 11.6. The molecular weight excluding hydrogens is 230 g/mol. The van der Waals surface area contributed by atoms with Crippen LogP contribution in [0, 0.1) is 0 Å². The van der Waals surface area contributed by atoms with E-state index in [1.54, 1.807) is 6.92 Å². The molecule has 0 spiro atoms. The van der Waals surface area contributed by atoms with Crippen LogP contribution in [0.1, 0.15) is 29.4 Å². The summed E-state index contributed by atoms with van der Waals surface area (Å²) in [7, 11) is 0. The second kappa shape index (κ2) is 5.69. The van der Waals surface area contributed by atoms with E-state index in [1.165, 1.54) is 0 Å². The molecular formula is C14H17NO3. The molecule has 18 heavy (non-hydrogen) atoms. The molecule has 2 rings (SSSR count). The number of aromatic nitrogens is 1. The van der Waals surface area contributed by atoms with E-state index < -0.39 is 0 Å². The van der Waals surface area contributed by atoms with Crippen LogP contribution in [0.3, 0.4) is 0 Å². The predicted octanol–water partition coefficient (Wildman–Crippen LogP) is 2.27. The van der Waals surface area contributed by atoms with E-state index >= 15 is 0 Å². The molecule has 0 unspecified atom stereocenters. The van der Waals surface area contributed by atoms with Gasteiger partial charge in [0.15, 0.2) is 0 Å². The molecule has 0 saturated heterocycles. The summed E-state index contributed by atoms with van der Waals surface area (Å²) < 4.78 is 4.97. The van der Waals surface area contributed by atoms with Gasteiger partial charge in [0.2, 0.25) is 0 Å². The van der Waals surface area contributed by atoms with Gasteiger partial charge in [0.05, 0.1) is 6.61 Å². The SMILES string of the molecule is CCOC(=O)c1cc2c(CCCO)cccc2[nH]1. The van der Waals surface area contributed by atoms with Crippen LogP contribution in [-0.2, 0) is 11.2 Å². The minimum Gasteiger partial charge on any atom is -0.461 e. The average molecular weight is 247 g/mol. The minimum absolute atomic E-state index is 0.172. The van der Waals surface area contributed by atoms with Crippen LogP contribution in [0.25, 0.3) is 10.9 Å². The van der Waals surface area contributed by atoms with Crippen LogP contribution >= 0.6 is 0 Å². The van der Waals surface area contributed by atoms with E-state index in [-0.39, 0.29) is 12.6 Å². The van der Waals surface area contributed by atoms with Crippen LogP contribution in [-0.4, -0.2) is 29.3 Å². The van der Waals surface area contributed by atoms with Crippen LogP contribution < -0.4 is 0 Å². The van der Waals surface area contributed by atoms with Crippen molar-refractivity contribution in [3.8, 4) is 0 Å². The van der Waals surface area contributed by atoms with Crippen molar-refractivity contribution in [3.05, 3.63) is 35.5 Å². The standard InChI is InChI=1S/C14H17NO3/c1-2-18-14(17)13-9-11-10(6-4-8-16)5-3-7-12(11)15-13/h3,5,7,9,15-16H,2,4,6,8H2,1H3. The van der Waals surface area contributed by atoms with Gasteiger partial charge in [0.1, 0.15) is 5.69 Å². The van der Waals surface area contributed by atoms with Crippen molar-refractivity contribution in [2.24, 2.45) is 0 Å². The Kier molecular flexibility index (Phi) is 3.99. The van der Waals surface area contributed by atoms with Gasteiger partial charge in [-0.25, -0.2) is 4.79 Å². The number of aromatic amines is 1. The molecule has 0 atom stereocenters. The molecule has 0 amide bonds. The van der Waals surface area contributed by atoms with Crippen molar-refractivity contribution in [2.45, 2.75) is 19.8 Å². The number of H-pyrrole nitrogens is 1. The first-order valence-electron chi connectivity index (χ1n) is 6.15. The summed E-state index contributed by atoms with van der Waals surface area (Å²) in [5.41, 5.74) is 2.53. The zero-order valence-electron chi connectivity index (χ0n) is 10.4. The fourth-order valence-electron chi connectivity index (χ4n) is 2.02. The van der Waals surface area contributed by atoms with Gasteiger partial charge in [-0.1, -0.05) is 12.1 Å². The van der Waals surface area contributed by atoms with Gasteiger partial charge in [0, 0.05) is 17.5 Å². The highest BCUT2D eigenvalue weighted by atomic mass is 16.5. The molecule has 4 nitrogen and oxygen atoms in total. The average Bonchev–Trinajstić information content (AvgIpc) is 2.81. The van der Waals surface area contributed by atoms with Crippen LogP contribution in [0.4, 0.5) is 0 Å². The summed E-state index contributed by atoms with van der Waals surface area (Å²) >= 11 is 0. The third-order valence-corrected chi connectivity index (χ3v) is 2.85. The quantitative estimate of drug-likeness (QED) is 0.797. The zero-order chi connectivity index (χ0) is 13.0. The molecule has 0 bridgehead atoms. The molecule has 0 aliphatic heterocycles. The van der Waals surface area contributed by atoms with Gasteiger partial charge < -0.3 is 14.8 Å². The van der Waals surface area contributed by atoms with Gasteiger partial charge in [0.25, 0.3) is 0 Å². The van der Waals surface area contributed by atoms with Gasteiger partial charge in [-0.2, -0.15) is 0 Å². The summed E-state index contributed by atoms with van der Waals surface area (Å²) in [5, 5.41) is 9.90. The number of aliphatic hydroxyl groups excluding tert-OH is 1. The monoisotopic (exact) mass is 247 g/mol. The number of carbonyl (C=O) groups excluding carboxylic acids is 1. The summed E-state index contributed by atoms with van der Waals surface area (Å²) in [6.07, 6.45) is 1.52. The second-order valence-electron chi connectivity index (χ2n) is 4.11. The van der Waals surface area contributed by atoms with Crippen molar-refractivity contribution >= 4 is 16.9 Å². The Labute approximate surface area is 106 Å². The largest absolute Gasteiger partial charge is 0.461 e. The number of rotatable bonds is 5. The lowest BCUT2D eigenvalue weighted by Gasteiger charge is -2.00. The predicted molar refractivity (Wildman–Crippen MR) is 69.7 cm³/mol. The molecule has 0 saturated carbocycles. The van der Waals surface area contributed by atoms with E-state index in [0.29, 0.717) is 12.3 Å². The lowest BCUT2D eigenvalue weighted by molar-refractivity contribution is 0.0520. The van der Waals surface area contributed by atoms with Gasteiger partial charge in [-0.05, 0) is 37.5 Å². The molecule has 0 aliphatic rings. The topological polar surface area (TPSA) is 62.3 Å². The maximum atomic E-state index is 11.6. The summed E-state index contributed by atoms with van der Waals surface area (Å²) in [4.78, 5) is 14.7. The van der Waals surface area contributed by atoms with E-state index in [4.69, 9.17) is 9.84 Å². The molecule has 4 heteroatoms. The third-order valence-electron chi connectivity index (χ3n) is 2.85. The number of benzene rings is 1. The molecule has 2 aromatic rings. The number of ether oxygens (including phenoxy) is 1. The first-order valence-corrected chi connectivity index (χ1v) is 6.15. The highest BCUT2D eigenvalue weighted by Gasteiger charge is 2.11. The zero-order valence-corrected chi connectivity index (χ0v) is 10.4. The Morgan fingerprint density at radius 2 is 2.28 bits per heavy atom. The van der Waals surface area contributed by atoms with E-state index in [2.05, 4.69) is 4.98 Å². The fourth-order valence-corrected chi connectivity index (χ4v) is 2.02. The van der Waals surface area contributed by atoms with Crippen molar-refractivity contribution in [2.75, 3.05) is 13.2 Å². The van der Waals surface area contributed by atoms with E-state index in [0.717, 1.165) is 29.3 Å². The molecule has 1 aromatic carbocycles. The van der Waals surface area contributed by atoms with Gasteiger partial charge in [-0.3, -0.25) is 0 Å². The smallest absolute Gasteiger partial charge is 0.354 e. The Bertz CT molecular complexity index is 545. The summed E-state index contributed by atoms with van der Waals surface area (Å²) in [6.45, 7) is 2.32. The Morgan fingerprint density at radius 1 is 1.44 bits per heavy atom. The maximum Gasteiger partial charge on any atom is 0.354 e. The van der Waals surface area contributed by atoms with E-state index in [9.17, 15) is 4.79 Å². The van der Waals surface area contributed by atoms with Crippen molar-refractivity contribution < 1.29 is 14.6 Å². The molecule has 96 valence electrons. The molecule has 0 aliphatic carbocycles. The van der Waals surface area contributed by atoms with Crippen LogP contribution in [0.5, 0.6) is 0 Å². The van der Waals surface area contributed by atoms with Crippen molar-refractivity contribution in [1.29, 1.82) is 0 Å². The number of hydrogen-bond acceptors (Lipinski definition) is 3. The third kappa shape index (κ3) is 2.54. The fraction of sp³-hybridized carbons (Fsp3) is 0.357. The molecule has 1 aromatic heterocycles. The number of fused-ring (bicyclic) bond motifs is 1. The van der Waals surface area contributed by atoms with Gasteiger partial charge >= 0.3 is 5.97 Å². The molecule has 0 radical (unpaired) electrons. The number of hydrogen-bond donors (Lipinski definition) is 2. The first-order chi connectivity index (χ1) is 8.76. The normalized spacial score (nSPS) is 10.8. The summed E-state index contributed by atoms with van der Waals surface area (Å²) in [6, 6.07) is 7.71. The van der Waals surface area contributed by atoms with Crippen LogP contribution in [0.2, 0.25) is 0 Å². The number of aryl methyl sites for hydroxylation is 1. The van der Waals surface area contributed by atoms with Gasteiger partial charge in [-0.15, -0.1) is 0 Å². The minimum atomic E-state index is -0.332. The number of esters is 1. The first kappa shape index (κ1) is 12.6. The Morgan fingerprint density at radius 3 is 3.00 bits per heavy atom. The molecule has 2 N–H and O–H groups in total. The Balaban J connectivity index is 2.34. The highest BCUT2D eigenvalue weighted by Crippen LogP contribution is 2.21. The van der Waals surface area contributed by atoms with Crippen molar-refractivity contribution in [3.63, 3.8) is 0 Å². The molecule has 0 fully saturated rings. The Hall–Kier alpha value is -1.81.